The smallest absolute Gasteiger partial charge is 0.435 e. The van der Waals surface area contributed by atoms with Gasteiger partial charge >= 0.3 is 18.2 Å². The zero-order chi connectivity index (χ0) is 31.6. The van der Waals surface area contributed by atoms with Crippen LogP contribution in [0.25, 0.3) is 5.69 Å². The average Bonchev–Trinajstić information content (AvgIpc) is 3.39. The van der Waals surface area contributed by atoms with Gasteiger partial charge in [-0.3, -0.25) is 4.79 Å². The van der Waals surface area contributed by atoms with Crippen LogP contribution >= 0.6 is 0 Å². The summed E-state index contributed by atoms with van der Waals surface area (Å²) >= 11 is 0. The van der Waals surface area contributed by atoms with Gasteiger partial charge in [0, 0.05) is 29.9 Å². The first-order valence-corrected chi connectivity index (χ1v) is 14.0. The van der Waals surface area contributed by atoms with Crippen molar-refractivity contribution in [1.29, 1.82) is 0 Å². The third-order valence-electron chi connectivity index (χ3n) is 6.90. The van der Waals surface area contributed by atoms with E-state index in [1.807, 2.05) is 0 Å². The third-order valence-corrected chi connectivity index (χ3v) is 6.90. The quantitative estimate of drug-likeness (QED) is 0.164. The zero-order valence-electron chi connectivity index (χ0n) is 24.6. The van der Waals surface area contributed by atoms with Crippen molar-refractivity contribution >= 4 is 11.8 Å². The molecule has 2 aromatic carbocycles. The van der Waals surface area contributed by atoms with E-state index in [9.17, 15) is 22.8 Å². The largest absolute Gasteiger partial charge is 0.484 e. The first kappa shape index (κ1) is 30.7. The van der Waals surface area contributed by atoms with Gasteiger partial charge in [0.1, 0.15) is 17.5 Å². The number of hydrogen-bond donors (Lipinski definition) is 0. The number of alkyl halides is 3. The zero-order valence-corrected chi connectivity index (χ0v) is 24.6. The Morgan fingerprint density at radius 2 is 1.70 bits per heavy atom. The Kier molecular flexibility index (Phi) is 8.44. The average molecular weight is 609 g/mol. The second-order valence-corrected chi connectivity index (χ2v) is 11.4. The standard InChI is InChI=1S/C32H31F3N4O5/c1-31(2,3)44-29(41)20-11-13-23(14-12-20)43-26-10-6-9-24-27(26)39(38-28(24)32(33,34)35)22-8-5-7-21(16-22)25(40)15-19-17-36-30(42-4)37-18-19/h5,7-8,11-14,16-18,26H,6,9-10,15H2,1-4H3. The van der Waals surface area contributed by atoms with Crippen molar-refractivity contribution in [1.82, 2.24) is 19.7 Å². The van der Waals surface area contributed by atoms with Gasteiger partial charge in [0.2, 0.25) is 0 Å². The number of halogens is 3. The van der Waals surface area contributed by atoms with E-state index in [1.165, 1.54) is 30.3 Å². The number of nitrogens with zero attached hydrogens (tertiary/aromatic N) is 4. The van der Waals surface area contributed by atoms with Gasteiger partial charge in [-0.05, 0) is 82.0 Å². The van der Waals surface area contributed by atoms with Gasteiger partial charge in [-0.25, -0.2) is 19.4 Å². The highest BCUT2D eigenvalue weighted by Crippen LogP contribution is 2.42. The summed E-state index contributed by atoms with van der Waals surface area (Å²) in [6, 6.07) is 12.7. The van der Waals surface area contributed by atoms with Crippen LogP contribution in [0.3, 0.4) is 0 Å². The minimum atomic E-state index is -4.69. The second kappa shape index (κ2) is 12.1. The summed E-state index contributed by atoms with van der Waals surface area (Å²) < 4.78 is 60.3. The number of esters is 1. The monoisotopic (exact) mass is 608 g/mol. The molecule has 5 rings (SSSR count). The van der Waals surface area contributed by atoms with E-state index in [1.54, 1.807) is 63.2 Å². The van der Waals surface area contributed by atoms with Crippen molar-refractivity contribution < 1.29 is 37.0 Å². The summed E-state index contributed by atoms with van der Waals surface area (Å²) in [4.78, 5) is 33.5. The fraction of sp³-hybridized carbons (Fsp3) is 0.344. The Morgan fingerprint density at radius 1 is 1.00 bits per heavy atom. The SMILES string of the molecule is COc1ncc(CC(=O)c2cccc(-n3nc(C(F)(F)F)c4c3C(Oc3ccc(C(=O)OC(C)(C)C)cc3)CCC4)c2)cn1. The van der Waals surface area contributed by atoms with Crippen LogP contribution in [0.5, 0.6) is 11.8 Å². The molecule has 0 bridgehead atoms. The van der Waals surface area contributed by atoms with Crippen LogP contribution in [0, 0.1) is 0 Å². The minimum absolute atomic E-state index is 0.0104. The number of hydrogen-bond acceptors (Lipinski definition) is 8. The number of ether oxygens (including phenoxy) is 3. The molecule has 4 aromatic rings. The molecule has 0 fully saturated rings. The Hall–Kier alpha value is -4.74. The molecular formula is C32H31F3N4O5. The molecule has 1 aliphatic rings. The topological polar surface area (TPSA) is 105 Å². The number of methoxy groups -OCH3 is 1. The highest BCUT2D eigenvalue weighted by Gasteiger charge is 2.42. The van der Waals surface area contributed by atoms with Gasteiger partial charge in [0.05, 0.1) is 24.1 Å². The molecule has 0 N–H and O–H groups in total. The molecule has 0 saturated heterocycles. The Bertz CT molecular complexity index is 1660. The molecule has 0 amide bonds. The maximum Gasteiger partial charge on any atom is 0.435 e. The van der Waals surface area contributed by atoms with Crippen molar-refractivity contribution in [2.45, 2.75) is 64.3 Å². The summed E-state index contributed by atoms with van der Waals surface area (Å²) in [5, 5.41) is 4.01. The lowest BCUT2D eigenvalue weighted by atomic mass is 9.92. The van der Waals surface area contributed by atoms with E-state index in [-0.39, 0.29) is 35.9 Å². The van der Waals surface area contributed by atoms with E-state index >= 15 is 0 Å². The molecule has 0 spiro atoms. The van der Waals surface area contributed by atoms with Gasteiger partial charge in [0.15, 0.2) is 11.5 Å². The summed E-state index contributed by atoms with van der Waals surface area (Å²) in [6.45, 7) is 5.30. The highest BCUT2D eigenvalue weighted by molar-refractivity contribution is 5.98. The Balaban J connectivity index is 1.45. The fourth-order valence-corrected chi connectivity index (χ4v) is 4.99. The number of benzene rings is 2. The number of Topliss-reactive ketones (excluding diaryl/α,β-unsaturated/α-hetero) is 1. The van der Waals surface area contributed by atoms with Crippen molar-refractivity contribution in [3.8, 4) is 17.4 Å². The molecular weight excluding hydrogens is 577 g/mol. The van der Waals surface area contributed by atoms with Gasteiger partial charge < -0.3 is 14.2 Å². The minimum Gasteiger partial charge on any atom is -0.484 e. The number of carbonyl (C=O) groups is 2. The van der Waals surface area contributed by atoms with Crippen LogP contribution in [0.15, 0.2) is 60.9 Å². The van der Waals surface area contributed by atoms with E-state index in [2.05, 4.69) is 15.1 Å². The van der Waals surface area contributed by atoms with Crippen molar-refractivity contribution in [2.75, 3.05) is 7.11 Å². The maximum atomic E-state index is 14.2. The molecule has 0 radical (unpaired) electrons. The number of aromatic nitrogens is 4. The summed E-state index contributed by atoms with van der Waals surface area (Å²) in [7, 11) is 1.43. The number of ketones is 1. The maximum absolute atomic E-state index is 14.2. The van der Waals surface area contributed by atoms with Gasteiger partial charge in [0.25, 0.3) is 0 Å². The first-order valence-electron chi connectivity index (χ1n) is 14.0. The number of fused-ring (bicyclic) bond motifs is 1. The van der Waals surface area contributed by atoms with Crippen LogP contribution in [-0.2, 0) is 23.8 Å². The molecule has 9 nitrogen and oxygen atoms in total. The van der Waals surface area contributed by atoms with E-state index in [0.29, 0.717) is 41.0 Å². The normalized spacial score (nSPS) is 14.9. The summed E-state index contributed by atoms with van der Waals surface area (Å²) in [6.07, 6.45) is -1.41. The van der Waals surface area contributed by atoms with E-state index < -0.39 is 29.5 Å². The molecule has 44 heavy (non-hydrogen) atoms. The summed E-state index contributed by atoms with van der Waals surface area (Å²) in [5.74, 6) is -0.386. The predicted octanol–water partition coefficient (Wildman–Crippen LogP) is 6.53. The second-order valence-electron chi connectivity index (χ2n) is 11.4. The molecule has 0 saturated carbocycles. The molecule has 12 heteroatoms. The fourth-order valence-electron chi connectivity index (χ4n) is 4.99. The van der Waals surface area contributed by atoms with E-state index in [0.717, 1.165) is 0 Å². The Labute approximate surface area is 252 Å². The third kappa shape index (κ3) is 6.90. The Morgan fingerprint density at radius 3 is 2.34 bits per heavy atom. The van der Waals surface area contributed by atoms with E-state index in [4.69, 9.17) is 14.2 Å². The van der Waals surface area contributed by atoms with Gasteiger partial charge in [-0.15, -0.1) is 0 Å². The van der Waals surface area contributed by atoms with Gasteiger partial charge in [-0.2, -0.15) is 18.3 Å². The first-order chi connectivity index (χ1) is 20.8. The summed E-state index contributed by atoms with van der Waals surface area (Å²) in [5.41, 5.74) is 0.163. The molecule has 2 aromatic heterocycles. The van der Waals surface area contributed by atoms with Crippen LogP contribution < -0.4 is 9.47 Å². The predicted molar refractivity (Wildman–Crippen MR) is 153 cm³/mol. The van der Waals surface area contributed by atoms with Crippen molar-refractivity contribution in [2.24, 2.45) is 0 Å². The lowest BCUT2D eigenvalue weighted by molar-refractivity contribution is -0.142. The lowest BCUT2D eigenvalue weighted by Gasteiger charge is -2.26. The van der Waals surface area contributed by atoms with Crippen molar-refractivity contribution in [3.05, 3.63) is 94.6 Å². The molecule has 1 aliphatic carbocycles. The van der Waals surface area contributed by atoms with Gasteiger partial charge in [-0.1, -0.05) is 12.1 Å². The van der Waals surface area contributed by atoms with Crippen LogP contribution in [-0.4, -0.2) is 44.2 Å². The molecule has 1 unspecified atom stereocenters. The lowest BCUT2D eigenvalue weighted by Crippen LogP contribution is -2.23. The molecule has 0 aliphatic heterocycles. The molecule has 230 valence electrons. The van der Waals surface area contributed by atoms with Crippen LogP contribution in [0.1, 0.15) is 82.9 Å². The highest BCUT2D eigenvalue weighted by atomic mass is 19.4. The van der Waals surface area contributed by atoms with Crippen LogP contribution in [0.4, 0.5) is 13.2 Å². The molecule has 1 atom stereocenters. The molecule has 2 heterocycles. The number of rotatable bonds is 8. The van der Waals surface area contributed by atoms with Crippen LogP contribution in [0.2, 0.25) is 0 Å². The number of carbonyl (C=O) groups excluding carboxylic acids is 2. The van der Waals surface area contributed by atoms with Crippen molar-refractivity contribution in [3.63, 3.8) is 0 Å².